The number of aliphatic imine (C=N–C) groups is 1. The summed E-state index contributed by atoms with van der Waals surface area (Å²) in [6.07, 6.45) is 3.42. The highest BCUT2D eigenvalue weighted by Crippen LogP contribution is 2.45. The van der Waals surface area contributed by atoms with Crippen LogP contribution in [-0.4, -0.2) is 18.0 Å². The number of nitrogens with two attached hydrogens (primary N) is 1. The maximum atomic E-state index is 13.6. The molecule has 1 aliphatic heterocycles. The van der Waals surface area contributed by atoms with Crippen molar-refractivity contribution >= 4 is 11.6 Å². The Morgan fingerprint density at radius 2 is 2.20 bits per heavy atom. The van der Waals surface area contributed by atoms with Gasteiger partial charge in [-0.2, -0.15) is 0 Å². The van der Waals surface area contributed by atoms with Crippen molar-refractivity contribution in [3.8, 4) is 0 Å². The number of rotatable bonds is 1. The largest absolute Gasteiger partial charge is 0.369 e. The molecule has 0 saturated heterocycles. The third kappa shape index (κ3) is 1.98. The van der Waals surface area contributed by atoms with E-state index in [4.69, 9.17) is 5.73 Å². The predicted octanol–water partition coefficient (Wildman–Crippen LogP) is 3.16. The topological polar surface area (TPSA) is 41.6 Å². The van der Waals surface area contributed by atoms with E-state index in [2.05, 4.69) is 23.7 Å². The lowest BCUT2D eigenvalue weighted by Gasteiger charge is -2.48. The predicted molar refractivity (Wildman–Crippen MR) is 80.3 cm³/mol. The van der Waals surface area contributed by atoms with Gasteiger partial charge in [-0.1, -0.05) is 19.9 Å². The highest BCUT2D eigenvalue weighted by Gasteiger charge is 2.49. The van der Waals surface area contributed by atoms with Gasteiger partial charge in [0.1, 0.15) is 5.82 Å². The van der Waals surface area contributed by atoms with Crippen molar-refractivity contribution in [1.29, 1.82) is 0 Å². The molecule has 1 aromatic carbocycles. The van der Waals surface area contributed by atoms with Crippen LogP contribution in [0.1, 0.15) is 33.1 Å². The summed E-state index contributed by atoms with van der Waals surface area (Å²) >= 11 is 0. The van der Waals surface area contributed by atoms with Gasteiger partial charge in [0, 0.05) is 5.69 Å². The number of nitrogens with zero attached hydrogens (tertiary/aromatic N) is 2. The molecule has 1 heterocycles. The van der Waals surface area contributed by atoms with Gasteiger partial charge in [0.05, 0.1) is 12.1 Å². The Labute approximate surface area is 119 Å². The first-order valence-corrected chi connectivity index (χ1v) is 7.38. The van der Waals surface area contributed by atoms with Gasteiger partial charge in [0.2, 0.25) is 0 Å². The molecule has 0 bridgehead atoms. The SMILES string of the molecule is CC1CCC2(CN=C(N)N2c2cccc(F)c2)C(C)C1. The molecule has 3 unspecified atom stereocenters. The fourth-order valence-corrected chi connectivity index (χ4v) is 3.84. The lowest BCUT2D eigenvalue weighted by Crippen LogP contribution is -2.58. The van der Waals surface area contributed by atoms with E-state index in [9.17, 15) is 4.39 Å². The van der Waals surface area contributed by atoms with Crippen LogP contribution in [0.2, 0.25) is 0 Å². The Hall–Kier alpha value is -1.58. The van der Waals surface area contributed by atoms with E-state index in [1.807, 2.05) is 6.07 Å². The molecule has 108 valence electrons. The van der Waals surface area contributed by atoms with Crippen LogP contribution in [0.25, 0.3) is 0 Å². The fourth-order valence-electron chi connectivity index (χ4n) is 3.84. The summed E-state index contributed by atoms with van der Waals surface area (Å²) < 4.78 is 13.6. The van der Waals surface area contributed by atoms with Crippen LogP contribution in [0.3, 0.4) is 0 Å². The Morgan fingerprint density at radius 3 is 2.90 bits per heavy atom. The van der Waals surface area contributed by atoms with Gasteiger partial charge in [-0.15, -0.1) is 0 Å². The number of hydrogen-bond donors (Lipinski definition) is 1. The summed E-state index contributed by atoms with van der Waals surface area (Å²) in [5.74, 6) is 1.54. The zero-order chi connectivity index (χ0) is 14.3. The minimum absolute atomic E-state index is 0.0651. The second kappa shape index (κ2) is 4.76. The third-order valence-electron chi connectivity index (χ3n) is 5.00. The van der Waals surface area contributed by atoms with Crippen molar-refractivity contribution in [1.82, 2.24) is 0 Å². The van der Waals surface area contributed by atoms with Crippen molar-refractivity contribution < 1.29 is 4.39 Å². The van der Waals surface area contributed by atoms with E-state index in [1.54, 1.807) is 12.1 Å². The van der Waals surface area contributed by atoms with E-state index in [0.29, 0.717) is 11.9 Å². The van der Waals surface area contributed by atoms with Crippen LogP contribution in [0.5, 0.6) is 0 Å². The van der Waals surface area contributed by atoms with Gasteiger partial charge in [0.25, 0.3) is 0 Å². The van der Waals surface area contributed by atoms with Gasteiger partial charge in [-0.05, 0) is 49.3 Å². The minimum Gasteiger partial charge on any atom is -0.369 e. The number of hydrogen-bond acceptors (Lipinski definition) is 3. The van der Waals surface area contributed by atoms with Crippen molar-refractivity contribution in [2.24, 2.45) is 22.6 Å². The van der Waals surface area contributed by atoms with Crippen LogP contribution in [-0.2, 0) is 0 Å². The standard InChI is InChI=1S/C16H22FN3/c1-11-6-7-16(12(2)8-11)10-19-15(18)20(16)14-5-3-4-13(17)9-14/h3-5,9,11-12H,6-8,10H2,1-2H3,(H2,18,19). The van der Waals surface area contributed by atoms with E-state index in [-0.39, 0.29) is 11.4 Å². The Balaban J connectivity index is 2.00. The number of guanidine groups is 1. The quantitative estimate of drug-likeness (QED) is 0.855. The average molecular weight is 275 g/mol. The molecule has 0 radical (unpaired) electrons. The van der Waals surface area contributed by atoms with Crippen LogP contribution >= 0.6 is 0 Å². The molecule has 2 N–H and O–H groups in total. The zero-order valence-corrected chi connectivity index (χ0v) is 12.1. The molecule has 20 heavy (non-hydrogen) atoms. The van der Waals surface area contributed by atoms with Crippen LogP contribution in [0, 0.1) is 17.7 Å². The van der Waals surface area contributed by atoms with Crippen molar-refractivity contribution in [3.63, 3.8) is 0 Å². The maximum absolute atomic E-state index is 13.6. The fraction of sp³-hybridized carbons (Fsp3) is 0.562. The summed E-state index contributed by atoms with van der Waals surface area (Å²) in [4.78, 5) is 6.55. The summed E-state index contributed by atoms with van der Waals surface area (Å²) in [5.41, 5.74) is 6.88. The Morgan fingerprint density at radius 1 is 1.40 bits per heavy atom. The molecule has 4 heteroatoms. The van der Waals surface area contributed by atoms with E-state index < -0.39 is 0 Å². The first-order chi connectivity index (χ1) is 9.53. The number of halogens is 1. The Kier molecular flexibility index (Phi) is 3.19. The van der Waals surface area contributed by atoms with E-state index in [0.717, 1.165) is 24.6 Å². The van der Waals surface area contributed by atoms with Crippen molar-refractivity contribution in [3.05, 3.63) is 30.1 Å². The smallest absolute Gasteiger partial charge is 0.196 e. The first-order valence-electron chi connectivity index (χ1n) is 7.38. The average Bonchev–Trinajstić information content (AvgIpc) is 2.73. The molecular weight excluding hydrogens is 253 g/mol. The molecule has 1 spiro atoms. The van der Waals surface area contributed by atoms with Crippen molar-refractivity contribution in [2.45, 2.75) is 38.6 Å². The second-order valence-corrected chi connectivity index (χ2v) is 6.37. The molecule has 2 aliphatic rings. The molecule has 1 fully saturated rings. The highest BCUT2D eigenvalue weighted by atomic mass is 19.1. The van der Waals surface area contributed by atoms with Gasteiger partial charge >= 0.3 is 0 Å². The molecular formula is C16H22FN3. The van der Waals surface area contributed by atoms with E-state index >= 15 is 0 Å². The zero-order valence-electron chi connectivity index (χ0n) is 12.1. The summed E-state index contributed by atoms with van der Waals surface area (Å²) in [6, 6.07) is 6.68. The second-order valence-electron chi connectivity index (χ2n) is 6.37. The van der Waals surface area contributed by atoms with Gasteiger partial charge in [-0.3, -0.25) is 4.99 Å². The van der Waals surface area contributed by atoms with Gasteiger partial charge < -0.3 is 10.6 Å². The van der Waals surface area contributed by atoms with Gasteiger partial charge in [-0.25, -0.2) is 4.39 Å². The lowest BCUT2D eigenvalue weighted by atomic mass is 9.69. The van der Waals surface area contributed by atoms with Crippen LogP contribution in [0.15, 0.2) is 29.3 Å². The first kappa shape index (κ1) is 13.4. The molecule has 1 saturated carbocycles. The van der Waals surface area contributed by atoms with Crippen molar-refractivity contribution in [2.75, 3.05) is 11.4 Å². The highest BCUT2D eigenvalue weighted by molar-refractivity contribution is 5.98. The summed E-state index contributed by atoms with van der Waals surface area (Å²) in [7, 11) is 0. The van der Waals surface area contributed by atoms with Crippen LogP contribution in [0.4, 0.5) is 10.1 Å². The molecule has 3 rings (SSSR count). The molecule has 1 aliphatic carbocycles. The minimum atomic E-state index is -0.228. The van der Waals surface area contributed by atoms with Gasteiger partial charge in [0.15, 0.2) is 5.96 Å². The third-order valence-corrected chi connectivity index (χ3v) is 5.00. The summed E-state index contributed by atoms with van der Waals surface area (Å²) in [6.45, 7) is 5.30. The molecule has 1 aromatic rings. The molecule has 0 aromatic heterocycles. The number of benzene rings is 1. The molecule has 3 nitrogen and oxygen atoms in total. The maximum Gasteiger partial charge on any atom is 0.196 e. The Bertz CT molecular complexity index is 542. The molecule has 0 amide bonds. The normalized spacial score (nSPS) is 33.5. The lowest BCUT2D eigenvalue weighted by molar-refractivity contribution is 0.180. The summed E-state index contributed by atoms with van der Waals surface area (Å²) in [5, 5.41) is 0. The van der Waals surface area contributed by atoms with E-state index in [1.165, 1.54) is 18.9 Å². The number of anilines is 1. The monoisotopic (exact) mass is 275 g/mol. The van der Waals surface area contributed by atoms with Crippen LogP contribution < -0.4 is 10.6 Å². The molecule has 3 atom stereocenters.